The molecule has 1 spiro atoms. The monoisotopic (exact) mass is 603 g/mol. The highest BCUT2D eigenvalue weighted by Crippen LogP contribution is 2.60. The fourth-order valence-corrected chi connectivity index (χ4v) is 8.00. The van der Waals surface area contributed by atoms with Crippen LogP contribution < -0.4 is 4.90 Å². The Morgan fingerprint density at radius 2 is 0.978 bits per heavy atom. The van der Waals surface area contributed by atoms with Crippen molar-refractivity contribution in [2.75, 3.05) is 4.90 Å². The van der Waals surface area contributed by atoms with E-state index in [2.05, 4.69) is 110 Å². The van der Waals surface area contributed by atoms with Crippen molar-refractivity contribution in [1.29, 1.82) is 0 Å². The van der Waals surface area contributed by atoms with Crippen LogP contribution in [0.1, 0.15) is 115 Å². The zero-order chi connectivity index (χ0) is 31.5. The molecule has 0 radical (unpaired) electrons. The lowest BCUT2D eigenvalue weighted by Gasteiger charge is -2.49. The maximum Gasteiger partial charge on any atom is 0.193 e. The minimum absolute atomic E-state index is 0.122. The Balaban J connectivity index is 1.54. The van der Waals surface area contributed by atoms with Crippen LogP contribution in [0, 0.1) is 0 Å². The van der Waals surface area contributed by atoms with E-state index >= 15 is 0 Å². The molecule has 46 heavy (non-hydrogen) atoms. The molecule has 1 aliphatic heterocycles. The number of hydrogen-bond donors (Lipinski definition) is 0. The molecule has 2 heteroatoms. The summed E-state index contributed by atoms with van der Waals surface area (Å²) in [4.78, 5) is 16.6. The number of aryl methyl sites for hydroxylation is 2. The molecule has 1 heterocycles. The predicted octanol–water partition coefficient (Wildman–Crippen LogP) is 11.6. The van der Waals surface area contributed by atoms with Gasteiger partial charge in [0.15, 0.2) is 5.78 Å². The quantitative estimate of drug-likeness (QED) is 0.137. The van der Waals surface area contributed by atoms with E-state index in [1.807, 2.05) is 24.3 Å². The highest BCUT2D eigenvalue weighted by molar-refractivity contribution is 6.14. The number of rotatable bonds is 11. The van der Waals surface area contributed by atoms with Gasteiger partial charge >= 0.3 is 0 Å². The Morgan fingerprint density at radius 3 is 1.48 bits per heavy atom. The van der Waals surface area contributed by atoms with Crippen molar-refractivity contribution in [3.05, 3.63) is 160 Å². The Hall–Kier alpha value is -4.43. The van der Waals surface area contributed by atoms with Crippen LogP contribution in [0.15, 0.2) is 115 Å². The zero-order valence-electron chi connectivity index (χ0n) is 27.4. The van der Waals surface area contributed by atoms with Gasteiger partial charge in [0.1, 0.15) is 0 Å². The number of unbranched alkanes of at least 4 members (excludes halogenated alkanes) is 6. The number of hydrogen-bond acceptors (Lipinski definition) is 2. The van der Waals surface area contributed by atoms with Gasteiger partial charge in [-0.15, -0.1) is 0 Å². The van der Waals surface area contributed by atoms with E-state index in [1.165, 1.54) is 85.0 Å². The molecular weight excluding hydrogens is 558 g/mol. The number of ketones is 1. The molecule has 0 amide bonds. The number of para-hydroxylation sites is 1. The van der Waals surface area contributed by atoms with Crippen molar-refractivity contribution in [1.82, 2.24) is 0 Å². The molecule has 0 aromatic heterocycles. The maximum absolute atomic E-state index is 14.2. The number of carbonyl (C=O) groups is 1. The van der Waals surface area contributed by atoms with Gasteiger partial charge in [0.25, 0.3) is 0 Å². The number of carbonyl (C=O) groups excluding carboxylic acids is 1. The average molecular weight is 604 g/mol. The zero-order valence-corrected chi connectivity index (χ0v) is 27.4. The molecule has 5 aromatic carbocycles. The normalized spacial score (nSPS) is 14.0. The molecular formula is C44H45NO. The first-order valence-corrected chi connectivity index (χ1v) is 17.5. The van der Waals surface area contributed by atoms with Gasteiger partial charge in [0.05, 0.1) is 16.8 Å². The van der Waals surface area contributed by atoms with E-state index in [0.717, 1.165) is 40.8 Å². The van der Waals surface area contributed by atoms with Crippen molar-refractivity contribution in [2.24, 2.45) is 0 Å². The second-order valence-electron chi connectivity index (χ2n) is 13.2. The third-order valence-corrected chi connectivity index (χ3v) is 10.2. The van der Waals surface area contributed by atoms with Gasteiger partial charge in [-0.1, -0.05) is 143 Å². The van der Waals surface area contributed by atoms with E-state index in [-0.39, 0.29) is 5.78 Å². The SMILES string of the molecule is CCCCCCc1ccc2c(c1)C1(c3ccccc3C(=O)c3ccccc31)c1cc(CCCCCC)ccc1N2c1ccccc1. The van der Waals surface area contributed by atoms with Gasteiger partial charge in [-0.2, -0.15) is 0 Å². The average Bonchev–Trinajstić information content (AvgIpc) is 3.11. The second kappa shape index (κ2) is 13.1. The molecule has 2 nitrogen and oxygen atoms in total. The summed E-state index contributed by atoms with van der Waals surface area (Å²) in [6, 6.07) is 41.9. The van der Waals surface area contributed by atoms with Gasteiger partial charge in [0, 0.05) is 16.8 Å². The molecule has 0 saturated carbocycles. The molecule has 0 unspecified atom stereocenters. The van der Waals surface area contributed by atoms with E-state index in [1.54, 1.807) is 0 Å². The van der Waals surface area contributed by atoms with Crippen LogP contribution in [0.2, 0.25) is 0 Å². The summed E-state index contributed by atoms with van der Waals surface area (Å²) in [6.45, 7) is 4.55. The Bertz CT molecular complexity index is 1740. The molecule has 0 saturated heterocycles. The summed E-state index contributed by atoms with van der Waals surface area (Å²) in [5, 5.41) is 0. The maximum atomic E-state index is 14.2. The highest BCUT2D eigenvalue weighted by atomic mass is 16.1. The smallest absolute Gasteiger partial charge is 0.193 e. The standard InChI is InChI=1S/C44H45NO/c1-3-5-7-10-18-32-26-28-41-39(30-32)44(37-24-16-14-22-35(37)43(46)36-23-15-17-25-38(36)44)40-31-33(19-11-8-6-4-2)27-29-42(40)45(41)34-20-12-9-13-21-34/h9,12-17,20-31H,3-8,10-11,18-19H2,1-2H3. The Labute approximate surface area is 275 Å². The van der Waals surface area contributed by atoms with Gasteiger partial charge < -0.3 is 4.90 Å². The molecule has 0 fully saturated rings. The number of benzene rings is 5. The fourth-order valence-electron chi connectivity index (χ4n) is 8.00. The number of fused-ring (bicyclic) bond motifs is 8. The third kappa shape index (κ3) is 5.09. The van der Waals surface area contributed by atoms with Gasteiger partial charge in [-0.05, 0) is 83.3 Å². The van der Waals surface area contributed by atoms with Crippen LogP contribution >= 0.6 is 0 Å². The number of nitrogens with zero attached hydrogens (tertiary/aromatic N) is 1. The van der Waals surface area contributed by atoms with Crippen molar-refractivity contribution in [2.45, 2.75) is 83.5 Å². The highest BCUT2D eigenvalue weighted by Gasteiger charge is 2.51. The summed E-state index contributed by atoms with van der Waals surface area (Å²) >= 11 is 0. The van der Waals surface area contributed by atoms with E-state index in [0.29, 0.717) is 0 Å². The van der Waals surface area contributed by atoms with Crippen LogP contribution in [0.5, 0.6) is 0 Å². The second-order valence-corrected chi connectivity index (χ2v) is 13.2. The van der Waals surface area contributed by atoms with E-state index in [9.17, 15) is 4.79 Å². The third-order valence-electron chi connectivity index (χ3n) is 10.2. The molecule has 0 bridgehead atoms. The summed E-state index contributed by atoms with van der Waals surface area (Å²) < 4.78 is 0. The van der Waals surface area contributed by atoms with Crippen molar-refractivity contribution in [3.8, 4) is 0 Å². The first kappa shape index (κ1) is 30.2. The van der Waals surface area contributed by atoms with Crippen LogP contribution in [-0.2, 0) is 18.3 Å². The lowest BCUT2D eigenvalue weighted by molar-refractivity contribution is 0.103. The van der Waals surface area contributed by atoms with Crippen LogP contribution in [0.4, 0.5) is 17.1 Å². The van der Waals surface area contributed by atoms with Crippen LogP contribution in [0.25, 0.3) is 0 Å². The first-order chi connectivity index (χ1) is 22.7. The first-order valence-electron chi connectivity index (χ1n) is 17.5. The van der Waals surface area contributed by atoms with Gasteiger partial charge in [-0.25, -0.2) is 0 Å². The largest absolute Gasteiger partial charge is 0.310 e. The summed E-state index contributed by atoms with van der Waals surface area (Å²) in [5.41, 5.74) is 12.0. The molecule has 232 valence electrons. The van der Waals surface area contributed by atoms with Gasteiger partial charge in [0.2, 0.25) is 0 Å². The van der Waals surface area contributed by atoms with Gasteiger partial charge in [-0.3, -0.25) is 4.79 Å². The topological polar surface area (TPSA) is 20.3 Å². The molecule has 0 atom stereocenters. The summed E-state index contributed by atoms with van der Waals surface area (Å²) in [7, 11) is 0. The van der Waals surface area contributed by atoms with Crippen molar-refractivity contribution >= 4 is 22.8 Å². The lowest BCUT2D eigenvalue weighted by Crippen LogP contribution is -2.42. The molecule has 5 aromatic rings. The van der Waals surface area contributed by atoms with E-state index < -0.39 is 5.41 Å². The van der Waals surface area contributed by atoms with Crippen molar-refractivity contribution < 1.29 is 4.79 Å². The van der Waals surface area contributed by atoms with Crippen LogP contribution in [0.3, 0.4) is 0 Å². The van der Waals surface area contributed by atoms with Crippen molar-refractivity contribution in [3.63, 3.8) is 0 Å². The predicted molar refractivity (Wildman–Crippen MR) is 192 cm³/mol. The lowest BCUT2D eigenvalue weighted by atomic mass is 9.57. The Morgan fingerprint density at radius 1 is 0.500 bits per heavy atom. The molecule has 7 rings (SSSR count). The van der Waals surface area contributed by atoms with Crippen LogP contribution in [-0.4, -0.2) is 5.78 Å². The molecule has 2 aliphatic rings. The summed E-state index contributed by atoms with van der Waals surface area (Å²) in [5.74, 6) is 0.122. The Kier molecular flexibility index (Phi) is 8.63. The fraction of sp³-hybridized carbons (Fsp3) is 0.295. The molecule has 0 N–H and O–H groups in total. The van der Waals surface area contributed by atoms with E-state index in [4.69, 9.17) is 0 Å². The number of anilines is 3. The molecule has 1 aliphatic carbocycles. The minimum atomic E-state index is -0.615. The summed E-state index contributed by atoms with van der Waals surface area (Å²) in [6.07, 6.45) is 12.0. The minimum Gasteiger partial charge on any atom is -0.310 e.